The van der Waals surface area contributed by atoms with Crippen molar-refractivity contribution in [3.63, 3.8) is 0 Å². The van der Waals surface area contributed by atoms with E-state index in [1.807, 2.05) is 48.5 Å². The van der Waals surface area contributed by atoms with Crippen LogP contribution in [0.5, 0.6) is 5.75 Å². The Hall–Kier alpha value is -1.81. The van der Waals surface area contributed by atoms with Crippen molar-refractivity contribution >= 4 is 21.9 Å². The van der Waals surface area contributed by atoms with Crippen molar-refractivity contribution in [2.24, 2.45) is 0 Å². The molecule has 0 N–H and O–H groups in total. The summed E-state index contributed by atoms with van der Waals surface area (Å²) in [4.78, 5) is 11.9. The number of hydrogen-bond acceptors (Lipinski definition) is 3. The number of methoxy groups -OCH3 is 1. The van der Waals surface area contributed by atoms with Crippen molar-refractivity contribution in [3.05, 3.63) is 64.6 Å². The molecule has 3 nitrogen and oxygen atoms in total. The first-order valence-corrected chi connectivity index (χ1v) is 6.55. The average Bonchev–Trinajstić information content (AvgIpc) is 2.46. The summed E-state index contributed by atoms with van der Waals surface area (Å²) in [5.74, 6) is 0.170. The summed E-state index contributed by atoms with van der Waals surface area (Å²) in [5, 5.41) is 0. The third kappa shape index (κ3) is 3.35. The smallest absolute Gasteiger partial charge is 0.351 e. The van der Waals surface area contributed by atoms with Crippen molar-refractivity contribution in [1.82, 2.24) is 0 Å². The van der Waals surface area contributed by atoms with Crippen LogP contribution in [0.2, 0.25) is 0 Å². The molecule has 0 saturated heterocycles. The highest BCUT2D eigenvalue weighted by Crippen LogP contribution is 2.29. The normalized spacial score (nSPS) is 11.7. The molecule has 0 bridgehead atoms. The summed E-state index contributed by atoms with van der Waals surface area (Å²) in [6.07, 6.45) is -0.773. The highest BCUT2D eigenvalue weighted by molar-refractivity contribution is 9.10. The molecule has 0 amide bonds. The van der Waals surface area contributed by atoms with Gasteiger partial charge in [-0.25, -0.2) is 4.79 Å². The third-order valence-electron chi connectivity index (χ3n) is 2.60. The highest BCUT2D eigenvalue weighted by atomic mass is 79.9. The van der Waals surface area contributed by atoms with E-state index in [1.54, 1.807) is 6.07 Å². The van der Waals surface area contributed by atoms with Crippen LogP contribution in [0, 0.1) is 0 Å². The summed E-state index contributed by atoms with van der Waals surface area (Å²) in [6.45, 7) is 0. The third-order valence-corrected chi connectivity index (χ3v) is 3.25. The van der Waals surface area contributed by atoms with Crippen LogP contribution in [0.4, 0.5) is 0 Å². The van der Waals surface area contributed by atoms with Gasteiger partial charge in [-0.3, -0.25) is 0 Å². The molecule has 0 saturated carbocycles. The maximum Gasteiger partial charge on any atom is 0.351 e. The van der Waals surface area contributed by atoms with E-state index in [1.165, 1.54) is 7.11 Å². The van der Waals surface area contributed by atoms with Gasteiger partial charge in [0.05, 0.1) is 11.6 Å². The first kappa shape index (κ1) is 13.6. The largest absolute Gasteiger partial charge is 0.473 e. The number of para-hydroxylation sites is 1. The van der Waals surface area contributed by atoms with Crippen LogP contribution in [-0.4, -0.2) is 13.1 Å². The number of esters is 1. The molecule has 2 aromatic rings. The van der Waals surface area contributed by atoms with E-state index in [4.69, 9.17) is 9.47 Å². The molecule has 2 aromatic carbocycles. The summed E-state index contributed by atoms with van der Waals surface area (Å²) >= 11 is 3.39. The van der Waals surface area contributed by atoms with Gasteiger partial charge in [-0.05, 0) is 28.1 Å². The number of carbonyl (C=O) groups is 1. The van der Waals surface area contributed by atoms with Gasteiger partial charge in [-0.2, -0.15) is 0 Å². The Balaban J connectivity index is 2.30. The second-order valence-corrected chi connectivity index (χ2v) is 4.72. The minimum Gasteiger partial charge on any atom is -0.473 e. The first-order chi connectivity index (χ1) is 9.22. The van der Waals surface area contributed by atoms with Crippen molar-refractivity contribution in [2.75, 3.05) is 7.11 Å². The van der Waals surface area contributed by atoms with Gasteiger partial charge >= 0.3 is 5.97 Å². The number of rotatable bonds is 4. The molecular weight excluding hydrogens is 308 g/mol. The van der Waals surface area contributed by atoms with Gasteiger partial charge in [0.25, 0.3) is 0 Å². The van der Waals surface area contributed by atoms with E-state index in [0.29, 0.717) is 5.75 Å². The molecule has 1 unspecified atom stereocenters. The SMILES string of the molecule is COC(=O)C(Oc1ccccc1Br)c1ccccc1. The molecule has 98 valence electrons. The predicted octanol–water partition coefficient (Wildman–Crippen LogP) is 3.74. The molecule has 0 aliphatic carbocycles. The van der Waals surface area contributed by atoms with Gasteiger partial charge < -0.3 is 9.47 Å². The zero-order chi connectivity index (χ0) is 13.7. The van der Waals surface area contributed by atoms with E-state index in [2.05, 4.69) is 15.9 Å². The number of hydrogen-bond donors (Lipinski definition) is 0. The van der Waals surface area contributed by atoms with Crippen molar-refractivity contribution in [3.8, 4) is 5.75 Å². The maximum atomic E-state index is 11.9. The van der Waals surface area contributed by atoms with E-state index in [-0.39, 0.29) is 0 Å². The van der Waals surface area contributed by atoms with Gasteiger partial charge in [0.2, 0.25) is 6.10 Å². The first-order valence-electron chi connectivity index (χ1n) is 5.76. The van der Waals surface area contributed by atoms with Crippen LogP contribution in [0.25, 0.3) is 0 Å². The van der Waals surface area contributed by atoms with Crippen LogP contribution < -0.4 is 4.74 Å². The van der Waals surface area contributed by atoms with Crippen molar-refractivity contribution in [1.29, 1.82) is 0 Å². The summed E-state index contributed by atoms with van der Waals surface area (Å²) in [5.41, 5.74) is 0.755. The van der Waals surface area contributed by atoms with Crippen LogP contribution in [0.3, 0.4) is 0 Å². The molecule has 0 aliphatic rings. The fourth-order valence-corrected chi connectivity index (χ4v) is 2.03. The minimum absolute atomic E-state index is 0.429. The zero-order valence-corrected chi connectivity index (χ0v) is 12.0. The number of benzene rings is 2. The van der Waals surface area contributed by atoms with E-state index in [0.717, 1.165) is 10.0 Å². The topological polar surface area (TPSA) is 35.5 Å². The van der Waals surface area contributed by atoms with Gasteiger partial charge in [-0.1, -0.05) is 42.5 Å². The predicted molar refractivity (Wildman–Crippen MR) is 76.0 cm³/mol. The Morgan fingerprint density at radius 1 is 1.05 bits per heavy atom. The van der Waals surface area contributed by atoms with Gasteiger partial charge in [-0.15, -0.1) is 0 Å². The molecule has 2 rings (SSSR count). The fourth-order valence-electron chi connectivity index (χ4n) is 1.65. The second kappa shape index (κ2) is 6.38. The molecular formula is C15H13BrO3. The fraction of sp³-hybridized carbons (Fsp3) is 0.133. The van der Waals surface area contributed by atoms with Gasteiger partial charge in [0.1, 0.15) is 5.75 Å². The molecule has 0 aliphatic heterocycles. The molecule has 0 radical (unpaired) electrons. The Morgan fingerprint density at radius 3 is 2.32 bits per heavy atom. The molecule has 4 heteroatoms. The Labute approximate surface area is 120 Å². The molecule has 1 atom stereocenters. The lowest BCUT2D eigenvalue weighted by molar-refractivity contribution is -0.149. The zero-order valence-electron chi connectivity index (χ0n) is 10.4. The monoisotopic (exact) mass is 320 g/mol. The lowest BCUT2D eigenvalue weighted by Gasteiger charge is -2.18. The van der Waals surface area contributed by atoms with Gasteiger partial charge in [0.15, 0.2) is 0 Å². The van der Waals surface area contributed by atoms with Crippen LogP contribution in [0.15, 0.2) is 59.1 Å². The minimum atomic E-state index is -0.773. The Morgan fingerprint density at radius 2 is 1.68 bits per heavy atom. The highest BCUT2D eigenvalue weighted by Gasteiger charge is 2.23. The van der Waals surface area contributed by atoms with Crippen LogP contribution >= 0.6 is 15.9 Å². The standard InChI is InChI=1S/C15H13BrO3/c1-18-15(17)14(11-7-3-2-4-8-11)19-13-10-6-5-9-12(13)16/h2-10,14H,1H3. The second-order valence-electron chi connectivity index (χ2n) is 3.86. The number of ether oxygens (including phenoxy) is 2. The van der Waals surface area contributed by atoms with Gasteiger partial charge in [0, 0.05) is 5.56 Å². The number of carbonyl (C=O) groups excluding carboxylic acids is 1. The van der Waals surface area contributed by atoms with E-state index in [9.17, 15) is 4.79 Å². The average molecular weight is 321 g/mol. The number of halogens is 1. The lowest BCUT2D eigenvalue weighted by Crippen LogP contribution is -2.20. The summed E-state index contributed by atoms with van der Waals surface area (Å²) in [6, 6.07) is 16.6. The molecule has 0 aromatic heterocycles. The Kier molecular flexibility index (Phi) is 4.58. The van der Waals surface area contributed by atoms with E-state index < -0.39 is 12.1 Å². The lowest BCUT2D eigenvalue weighted by atomic mass is 10.1. The Bertz CT molecular complexity index is 554. The molecule has 0 spiro atoms. The van der Waals surface area contributed by atoms with Crippen LogP contribution in [-0.2, 0) is 9.53 Å². The molecule has 0 fully saturated rings. The van der Waals surface area contributed by atoms with Crippen molar-refractivity contribution < 1.29 is 14.3 Å². The van der Waals surface area contributed by atoms with Crippen molar-refractivity contribution in [2.45, 2.75) is 6.10 Å². The molecule has 19 heavy (non-hydrogen) atoms. The summed E-state index contributed by atoms with van der Waals surface area (Å²) in [7, 11) is 1.35. The maximum absolute atomic E-state index is 11.9. The quantitative estimate of drug-likeness (QED) is 0.805. The summed E-state index contributed by atoms with van der Waals surface area (Å²) < 4.78 is 11.4. The van der Waals surface area contributed by atoms with Crippen LogP contribution in [0.1, 0.15) is 11.7 Å². The molecule has 0 heterocycles. The van der Waals surface area contributed by atoms with E-state index >= 15 is 0 Å².